The summed E-state index contributed by atoms with van der Waals surface area (Å²) in [7, 11) is -3.08. The smallest absolute Gasteiger partial charge is 0.407 e. The molecular weight excluding hydrogens is 657 g/mol. The number of carbonyl (C=O) groups is 4. The number of carbonyl (C=O) groups excluding carboxylic acids is 4. The topological polar surface area (TPSA) is 194 Å². The predicted octanol–water partition coefficient (Wildman–Crippen LogP) is 2.81. The Morgan fingerprint density at radius 2 is 1.70 bits per heavy atom. The largest absolute Gasteiger partial charge is 0.453 e. The zero-order valence-electron chi connectivity index (χ0n) is 24.4. The fourth-order valence-electron chi connectivity index (χ4n) is 6.13. The maximum atomic E-state index is 13.8. The van der Waals surface area contributed by atoms with Gasteiger partial charge in [0.25, 0.3) is 5.91 Å². The van der Waals surface area contributed by atoms with Gasteiger partial charge in [-0.15, -0.1) is 0 Å². The molecule has 2 bridgehead atoms. The molecular formula is C29H32ClF3N4O8S. The molecule has 2 aliphatic rings. The molecule has 3 atom stereocenters. The summed E-state index contributed by atoms with van der Waals surface area (Å²) in [5, 5.41) is 17.6. The molecule has 0 saturated heterocycles. The number of hydrogen-bond acceptors (Lipinski definition) is 8. The average molecular weight is 689 g/mol. The minimum atomic E-state index is -4.18. The van der Waals surface area contributed by atoms with Crippen molar-refractivity contribution in [1.29, 1.82) is 0 Å². The summed E-state index contributed by atoms with van der Waals surface area (Å²) in [5.74, 6) is -8.16. The van der Waals surface area contributed by atoms with Gasteiger partial charge in [0.2, 0.25) is 11.8 Å². The molecule has 2 fully saturated rings. The second-order valence-electron chi connectivity index (χ2n) is 11.4. The lowest BCUT2D eigenvalue weighted by Gasteiger charge is -2.42. The Morgan fingerprint density at radius 3 is 2.26 bits per heavy atom. The highest BCUT2D eigenvalue weighted by molar-refractivity contribution is 7.92. The Bertz CT molecular complexity index is 1620. The molecule has 4 rings (SSSR count). The standard InChI is InChI=1S/C29H32ClF3N4O8S/c1-45-28(41)37-22(6-7-24(34)38)27(40)35-13-29(42)15-3-4-16(29)10-18(9-15)46(43,44)23-8-14(2-5-19(23)30)26(39)36-17-11-20(31)25(33)21(32)12-17/h2,5,8,11-12,15-16,18,22,42H,3-4,6-7,9-10,13H2,1H3,(H2,34,38)(H,35,40)(H,36,39)(H,37,41)/t15?,16?,18-,22-,29-/m0/s1. The third-order valence-corrected chi connectivity index (χ3v) is 11.2. The fourth-order valence-corrected chi connectivity index (χ4v) is 8.54. The van der Waals surface area contributed by atoms with Crippen LogP contribution >= 0.6 is 11.6 Å². The minimum absolute atomic E-state index is 0.0115. The van der Waals surface area contributed by atoms with Gasteiger partial charge in [0.05, 0.1) is 27.9 Å². The van der Waals surface area contributed by atoms with E-state index in [1.807, 2.05) is 0 Å². The van der Waals surface area contributed by atoms with Crippen molar-refractivity contribution in [3.63, 3.8) is 0 Å². The molecule has 2 unspecified atom stereocenters. The predicted molar refractivity (Wildman–Crippen MR) is 158 cm³/mol. The van der Waals surface area contributed by atoms with Crippen molar-refractivity contribution in [2.24, 2.45) is 17.6 Å². The fraction of sp³-hybridized carbons (Fsp3) is 0.448. The molecule has 46 heavy (non-hydrogen) atoms. The van der Waals surface area contributed by atoms with Gasteiger partial charge in [-0.3, -0.25) is 14.4 Å². The Balaban J connectivity index is 1.47. The maximum absolute atomic E-state index is 13.8. The normalized spacial score (nSPS) is 22.9. The number of sulfone groups is 1. The van der Waals surface area contributed by atoms with Crippen LogP contribution in [-0.2, 0) is 24.2 Å². The number of methoxy groups -OCH3 is 1. The van der Waals surface area contributed by atoms with Crippen molar-refractivity contribution in [3.05, 3.63) is 58.4 Å². The van der Waals surface area contributed by atoms with Gasteiger partial charge < -0.3 is 31.5 Å². The van der Waals surface area contributed by atoms with E-state index in [2.05, 4.69) is 20.7 Å². The van der Waals surface area contributed by atoms with Gasteiger partial charge in [-0.05, 0) is 62.1 Å². The number of halogens is 4. The lowest BCUT2D eigenvalue weighted by Crippen LogP contribution is -2.57. The molecule has 0 heterocycles. The maximum Gasteiger partial charge on any atom is 0.407 e. The molecule has 0 aromatic heterocycles. The molecule has 4 amide bonds. The van der Waals surface area contributed by atoms with Crippen molar-refractivity contribution < 1.29 is 50.6 Å². The monoisotopic (exact) mass is 688 g/mol. The van der Waals surface area contributed by atoms with E-state index in [0.717, 1.165) is 13.2 Å². The summed E-state index contributed by atoms with van der Waals surface area (Å²) in [6, 6.07) is 3.41. The van der Waals surface area contributed by atoms with Gasteiger partial charge >= 0.3 is 6.09 Å². The molecule has 6 N–H and O–H groups in total. The first-order chi connectivity index (χ1) is 21.6. The van der Waals surface area contributed by atoms with Gasteiger partial charge in [-0.2, -0.15) is 0 Å². The number of anilines is 1. The van der Waals surface area contributed by atoms with Crippen LogP contribution in [0.15, 0.2) is 35.2 Å². The molecule has 0 radical (unpaired) electrons. The van der Waals surface area contributed by atoms with E-state index in [-0.39, 0.29) is 47.7 Å². The molecule has 2 saturated carbocycles. The highest BCUT2D eigenvalue weighted by atomic mass is 35.5. The Kier molecular flexibility index (Phi) is 10.5. The molecule has 2 aromatic carbocycles. The number of rotatable bonds is 11. The van der Waals surface area contributed by atoms with Gasteiger partial charge in [-0.1, -0.05) is 11.6 Å². The third kappa shape index (κ3) is 7.39. The van der Waals surface area contributed by atoms with Gasteiger partial charge in [0.1, 0.15) is 6.04 Å². The van der Waals surface area contributed by atoms with Crippen LogP contribution in [0.5, 0.6) is 0 Å². The summed E-state index contributed by atoms with van der Waals surface area (Å²) in [6.45, 7) is -0.245. The zero-order chi connectivity index (χ0) is 34.0. The first-order valence-corrected chi connectivity index (χ1v) is 16.1. The van der Waals surface area contributed by atoms with Crippen LogP contribution in [0.25, 0.3) is 0 Å². The highest BCUT2D eigenvalue weighted by Gasteiger charge is 2.55. The average Bonchev–Trinajstić information content (AvgIpc) is 3.15. The van der Waals surface area contributed by atoms with E-state index in [4.69, 9.17) is 17.3 Å². The lowest BCUT2D eigenvalue weighted by atomic mass is 9.74. The summed E-state index contributed by atoms with van der Waals surface area (Å²) in [4.78, 5) is 48.2. The van der Waals surface area contributed by atoms with E-state index in [1.54, 1.807) is 0 Å². The number of ether oxygens (including phenoxy) is 1. The highest BCUT2D eigenvalue weighted by Crippen LogP contribution is 2.52. The molecule has 17 heteroatoms. The van der Waals surface area contributed by atoms with Crippen LogP contribution in [0.3, 0.4) is 0 Å². The summed E-state index contributed by atoms with van der Waals surface area (Å²) < 4.78 is 72.6. The first-order valence-electron chi connectivity index (χ1n) is 14.2. The quantitative estimate of drug-likeness (QED) is 0.222. The molecule has 0 spiro atoms. The van der Waals surface area contributed by atoms with Crippen molar-refractivity contribution >= 4 is 50.9 Å². The van der Waals surface area contributed by atoms with Crippen LogP contribution in [0.4, 0.5) is 23.7 Å². The second-order valence-corrected chi connectivity index (χ2v) is 14.0. The van der Waals surface area contributed by atoms with Crippen LogP contribution in [0, 0.1) is 29.3 Å². The summed E-state index contributed by atoms with van der Waals surface area (Å²) >= 11 is 6.26. The molecule has 2 aromatic rings. The Morgan fingerprint density at radius 1 is 1.09 bits per heavy atom. The lowest BCUT2D eigenvalue weighted by molar-refractivity contribution is -0.126. The van der Waals surface area contributed by atoms with E-state index < -0.39 is 85.5 Å². The summed E-state index contributed by atoms with van der Waals surface area (Å²) in [6.07, 6.45) is -0.267. The molecule has 2 aliphatic carbocycles. The number of nitrogens with one attached hydrogen (secondary N) is 3. The van der Waals surface area contributed by atoms with Crippen molar-refractivity contribution in [2.45, 2.75) is 60.3 Å². The molecule has 0 aliphatic heterocycles. The second kappa shape index (κ2) is 13.8. The number of hydrogen-bond donors (Lipinski definition) is 5. The number of primary amides is 1. The van der Waals surface area contributed by atoms with Crippen LogP contribution in [0.1, 0.15) is 48.9 Å². The SMILES string of the molecule is COC(=O)N[C@@H](CCC(N)=O)C(=O)NC[C@]1(O)C2CCC1C[C@@H](S(=O)(=O)c1cc(C(=O)Nc3cc(F)c(F)c(F)c3)ccc1Cl)C2. The van der Waals surface area contributed by atoms with Crippen molar-refractivity contribution in [1.82, 2.24) is 10.6 Å². The minimum Gasteiger partial charge on any atom is -0.453 e. The van der Waals surface area contributed by atoms with Gasteiger partial charge in [0, 0.05) is 36.3 Å². The van der Waals surface area contributed by atoms with Crippen LogP contribution in [0.2, 0.25) is 5.02 Å². The zero-order valence-corrected chi connectivity index (χ0v) is 26.0. The van der Waals surface area contributed by atoms with Crippen LogP contribution in [-0.4, -0.2) is 67.9 Å². The number of amides is 4. The van der Waals surface area contributed by atoms with E-state index in [0.29, 0.717) is 25.0 Å². The van der Waals surface area contributed by atoms with Crippen molar-refractivity contribution in [2.75, 3.05) is 19.0 Å². The van der Waals surface area contributed by atoms with E-state index in [9.17, 15) is 45.9 Å². The molecule has 250 valence electrons. The third-order valence-electron chi connectivity index (χ3n) is 8.57. The Hall–Kier alpha value is -3.89. The number of benzene rings is 2. The van der Waals surface area contributed by atoms with Gasteiger partial charge in [0.15, 0.2) is 27.3 Å². The number of fused-ring (bicyclic) bond motifs is 2. The van der Waals surface area contributed by atoms with Crippen LogP contribution < -0.4 is 21.7 Å². The number of aliphatic hydroxyl groups is 1. The van der Waals surface area contributed by atoms with E-state index in [1.165, 1.54) is 12.1 Å². The molecule has 12 nitrogen and oxygen atoms in total. The van der Waals surface area contributed by atoms with Gasteiger partial charge in [-0.25, -0.2) is 26.4 Å². The van der Waals surface area contributed by atoms with E-state index >= 15 is 0 Å². The summed E-state index contributed by atoms with van der Waals surface area (Å²) in [5.41, 5.74) is 3.11. The number of alkyl carbamates (subject to hydrolysis) is 1. The first kappa shape index (κ1) is 35.0. The Labute approximate surface area is 267 Å². The number of nitrogens with two attached hydrogens (primary N) is 1. The van der Waals surface area contributed by atoms with Crippen molar-refractivity contribution in [3.8, 4) is 0 Å².